The summed E-state index contributed by atoms with van der Waals surface area (Å²) in [4.78, 5) is 0. The minimum absolute atomic E-state index is 0.150. The molecule has 0 radical (unpaired) electrons. The van der Waals surface area contributed by atoms with Gasteiger partial charge in [0.05, 0.1) is 0 Å². The van der Waals surface area contributed by atoms with Crippen LogP contribution < -0.4 is 0 Å². The molecule has 0 bridgehead atoms. The van der Waals surface area contributed by atoms with Crippen molar-refractivity contribution in [3.05, 3.63) is 144 Å². The summed E-state index contributed by atoms with van der Waals surface area (Å²) >= 11 is 0. The molecule has 2 fully saturated rings. The molecule has 0 heterocycles. The number of benzene rings is 4. The minimum atomic E-state index is 0.150. The molecule has 0 aromatic heterocycles. The van der Waals surface area contributed by atoms with Gasteiger partial charge in [-0.1, -0.05) is 135 Å². The van der Waals surface area contributed by atoms with E-state index < -0.39 is 0 Å². The van der Waals surface area contributed by atoms with E-state index in [2.05, 4.69) is 135 Å². The van der Waals surface area contributed by atoms with E-state index in [1.165, 1.54) is 73.6 Å². The summed E-state index contributed by atoms with van der Waals surface area (Å²) in [6, 6.07) is 45.4. The third-order valence-electron chi connectivity index (χ3n) is 11.1. The van der Waals surface area contributed by atoms with Gasteiger partial charge in [0, 0.05) is 10.8 Å². The Kier molecular flexibility index (Phi) is 7.23. The Morgan fingerprint density at radius 3 is 0.872 bits per heavy atom. The summed E-state index contributed by atoms with van der Waals surface area (Å²) in [6.07, 6.45) is 10.3. The summed E-state index contributed by atoms with van der Waals surface area (Å²) < 4.78 is 0. The molecule has 4 aromatic rings. The molecule has 200 valence electrons. The van der Waals surface area contributed by atoms with Gasteiger partial charge in [0.2, 0.25) is 0 Å². The summed E-state index contributed by atoms with van der Waals surface area (Å²) in [5.41, 5.74) is 6.66. The first-order valence-electron chi connectivity index (χ1n) is 15.3. The van der Waals surface area contributed by atoms with Gasteiger partial charge < -0.3 is 0 Å². The van der Waals surface area contributed by atoms with Crippen molar-refractivity contribution in [1.29, 1.82) is 0 Å². The van der Waals surface area contributed by atoms with Crippen LogP contribution in [0.15, 0.2) is 121 Å². The van der Waals surface area contributed by atoms with E-state index in [1.807, 2.05) is 0 Å². The average molecular weight is 513 g/mol. The molecule has 0 atom stereocenters. The quantitative estimate of drug-likeness (QED) is 0.241. The van der Waals surface area contributed by atoms with Gasteiger partial charge >= 0.3 is 0 Å². The largest absolute Gasteiger partial charge is 0.0622 e. The molecular weight excluding hydrogens is 468 g/mol. The van der Waals surface area contributed by atoms with Crippen molar-refractivity contribution < 1.29 is 0 Å². The lowest BCUT2D eigenvalue weighted by atomic mass is 9.53. The number of hydrogen-bond acceptors (Lipinski definition) is 0. The second kappa shape index (κ2) is 10.8. The molecule has 0 spiro atoms. The molecule has 2 aliphatic carbocycles. The van der Waals surface area contributed by atoms with E-state index >= 15 is 0 Å². The molecule has 6 rings (SSSR count). The topological polar surface area (TPSA) is 0 Å². The Balaban J connectivity index is 1.21. The summed E-state index contributed by atoms with van der Waals surface area (Å²) in [5, 5.41) is 0. The minimum Gasteiger partial charge on any atom is -0.0622 e. The van der Waals surface area contributed by atoms with Crippen LogP contribution in [-0.2, 0) is 10.8 Å². The average Bonchev–Trinajstić information content (AvgIpc) is 3.03. The highest BCUT2D eigenvalue weighted by Gasteiger charge is 2.47. The fourth-order valence-electron chi connectivity index (χ4n) is 8.56. The first kappa shape index (κ1) is 26.1. The number of rotatable bonds is 6. The van der Waals surface area contributed by atoms with E-state index in [9.17, 15) is 0 Å². The lowest BCUT2D eigenvalue weighted by Gasteiger charge is -2.51. The van der Waals surface area contributed by atoms with Crippen molar-refractivity contribution in [2.24, 2.45) is 17.3 Å². The van der Waals surface area contributed by atoms with E-state index in [-0.39, 0.29) is 10.8 Å². The van der Waals surface area contributed by atoms with Gasteiger partial charge in [0.25, 0.3) is 0 Å². The van der Waals surface area contributed by atoms with Crippen LogP contribution in [0, 0.1) is 17.3 Å². The van der Waals surface area contributed by atoms with Gasteiger partial charge in [-0.15, -0.1) is 0 Å². The molecule has 2 aliphatic rings. The summed E-state index contributed by atoms with van der Waals surface area (Å²) in [7, 11) is 0. The maximum absolute atomic E-state index is 2.61. The highest BCUT2D eigenvalue weighted by Crippen LogP contribution is 2.56. The maximum Gasteiger partial charge on any atom is 0.0203 e. The molecule has 4 aromatic carbocycles. The lowest BCUT2D eigenvalue weighted by Crippen LogP contribution is -2.43. The van der Waals surface area contributed by atoms with Crippen LogP contribution in [0.25, 0.3) is 0 Å². The van der Waals surface area contributed by atoms with Gasteiger partial charge in [-0.3, -0.25) is 0 Å². The van der Waals surface area contributed by atoms with Crippen LogP contribution in [0.5, 0.6) is 0 Å². The van der Waals surface area contributed by atoms with Gasteiger partial charge in [0.1, 0.15) is 0 Å². The van der Waals surface area contributed by atoms with Gasteiger partial charge in [0.15, 0.2) is 0 Å². The SMILES string of the molecule is CC(C)(C1CCC(c2ccccc2)(c2ccccc2)CC1)C1CCC(c2ccccc2)(c2ccccc2)CC1. The Hall–Kier alpha value is -3.12. The highest BCUT2D eigenvalue weighted by atomic mass is 14.5. The summed E-state index contributed by atoms with van der Waals surface area (Å²) in [6.45, 7) is 5.22. The molecule has 39 heavy (non-hydrogen) atoms. The maximum atomic E-state index is 2.61. The Morgan fingerprint density at radius 2 is 0.641 bits per heavy atom. The first-order chi connectivity index (χ1) is 19.0. The lowest BCUT2D eigenvalue weighted by molar-refractivity contribution is 0.0365. The zero-order valence-electron chi connectivity index (χ0n) is 23.9. The zero-order valence-corrected chi connectivity index (χ0v) is 23.9. The monoisotopic (exact) mass is 512 g/mol. The van der Waals surface area contributed by atoms with Crippen LogP contribution in [0.1, 0.15) is 87.5 Å². The predicted octanol–water partition coefficient (Wildman–Crippen LogP) is 10.4. The van der Waals surface area contributed by atoms with Crippen LogP contribution in [0.3, 0.4) is 0 Å². The molecule has 0 unspecified atom stereocenters. The zero-order chi connectivity index (χ0) is 26.8. The second-order valence-electron chi connectivity index (χ2n) is 13.0. The molecule has 0 N–H and O–H groups in total. The van der Waals surface area contributed by atoms with Crippen molar-refractivity contribution in [1.82, 2.24) is 0 Å². The van der Waals surface area contributed by atoms with E-state index in [0.29, 0.717) is 5.41 Å². The van der Waals surface area contributed by atoms with E-state index in [4.69, 9.17) is 0 Å². The molecule has 0 nitrogen and oxygen atoms in total. The fourth-order valence-corrected chi connectivity index (χ4v) is 8.56. The van der Waals surface area contributed by atoms with Crippen molar-refractivity contribution in [3.63, 3.8) is 0 Å². The van der Waals surface area contributed by atoms with Crippen LogP contribution in [0.2, 0.25) is 0 Å². The summed E-state index contributed by atoms with van der Waals surface area (Å²) in [5.74, 6) is 1.56. The normalized spacial score (nSPS) is 19.9. The van der Waals surface area contributed by atoms with Gasteiger partial charge in [-0.2, -0.15) is 0 Å². The van der Waals surface area contributed by atoms with E-state index in [1.54, 1.807) is 0 Å². The smallest absolute Gasteiger partial charge is 0.0203 e. The van der Waals surface area contributed by atoms with Crippen LogP contribution in [0.4, 0.5) is 0 Å². The Morgan fingerprint density at radius 1 is 0.410 bits per heavy atom. The van der Waals surface area contributed by atoms with Crippen molar-refractivity contribution in [2.75, 3.05) is 0 Å². The second-order valence-corrected chi connectivity index (χ2v) is 13.0. The van der Waals surface area contributed by atoms with Crippen LogP contribution >= 0.6 is 0 Å². The molecule has 2 saturated carbocycles. The predicted molar refractivity (Wildman–Crippen MR) is 165 cm³/mol. The third kappa shape index (κ3) is 4.77. The van der Waals surface area contributed by atoms with Gasteiger partial charge in [-0.25, -0.2) is 0 Å². The van der Waals surface area contributed by atoms with Crippen molar-refractivity contribution in [3.8, 4) is 0 Å². The Labute approximate surface area is 236 Å². The highest BCUT2D eigenvalue weighted by molar-refractivity contribution is 5.41. The molecule has 0 saturated heterocycles. The standard InChI is InChI=1S/C39H44/c1-37(2,31-23-27-38(28-24-31,33-15-7-3-8-16-33)34-17-9-4-10-18-34)32-25-29-39(30-26-32,35-19-11-5-12-20-35)36-21-13-6-14-22-36/h3-22,31-32H,23-30H2,1-2H3. The number of hydrogen-bond donors (Lipinski definition) is 0. The first-order valence-corrected chi connectivity index (χ1v) is 15.3. The van der Waals surface area contributed by atoms with Crippen LogP contribution in [-0.4, -0.2) is 0 Å². The van der Waals surface area contributed by atoms with Gasteiger partial charge in [-0.05, 0) is 90.9 Å². The Bertz CT molecular complexity index is 1120. The fraction of sp³-hybridized carbons (Fsp3) is 0.385. The van der Waals surface area contributed by atoms with Crippen molar-refractivity contribution in [2.45, 2.75) is 76.0 Å². The van der Waals surface area contributed by atoms with E-state index in [0.717, 1.165) is 11.8 Å². The molecule has 0 heteroatoms. The van der Waals surface area contributed by atoms with Crippen molar-refractivity contribution >= 4 is 0 Å². The molecule has 0 aliphatic heterocycles. The molecule has 0 amide bonds. The third-order valence-corrected chi connectivity index (χ3v) is 11.1. The molecular formula is C39H44.